The first kappa shape index (κ1) is 115. The molecule has 4 aliphatic heterocycles. The highest BCUT2D eigenvalue weighted by molar-refractivity contribution is 8.01. The molecule has 25 N–H and O–H groups in total. The van der Waals surface area contributed by atoms with E-state index in [1.165, 1.54) is 115 Å². The number of phenolic OH excluding ortho intramolecular Hbond substituents is 1. The Labute approximate surface area is 744 Å². The zero-order valence-corrected chi connectivity index (χ0v) is 77.7. The van der Waals surface area contributed by atoms with Crippen molar-refractivity contribution in [1.29, 1.82) is 0 Å². The number of aliphatic hydroxyl groups excluding tert-OH is 1. The van der Waals surface area contributed by atoms with Gasteiger partial charge in [-0.05, 0) is 248 Å². The lowest BCUT2D eigenvalue weighted by atomic mass is 9.75. The van der Waals surface area contributed by atoms with Crippen LogP contribution in [0.15, 0.2) is 24.3 Å². The molecule has 1 aromatic rings. The Balaban J connectivity index is 0.000000470. The molecule has 0 aromatic heterocycles. The van der Waals surface area contributed by atoms with Crippen molar-refractivity contribution in [2.75, 3.05) is 45.8 Å². The molecule has 0 spiro atoms. The van der Waals surface area contributed by atoms with Crippen molar-refractivity contribution in [1.82, 2.24) is 20.0 Å². The number of rotatable bonds is 26. The number of piperidine rings is 3. The van der Waals surface area contributed by atoms with Gasteiger partial charge in [-0.15, -0.1) is 0 Å². The summed E-state index contributed by atoms with van der Waals surface area (Å²) in [6, 6.07) is 2.89. The highest BCUT2D eigenvalue weighted by atomic mass is 32.0. The Morgan fingerprint density at radius 2 is 0.888 bits per heavy atom. The predicted molar refractivity (Wildman–Crippen MR) is 483 cm³/mol. The van der Waals surface area contributed by atoms with Gasteiger partial charge in [-0.2, -0.15) is 0 Å². The molecule has 20 atom stereocenters. The summed E-state index contributed by atoms with van der Waals surface area (Å²) in [7, 11) is 7.72. The Hall–Kier alpha value is -6.44. The first-order valence-corrected chi connectivity index (χ1v) is 50.1. The number of carbonyl (C=O) groups excluding carboxylic acids is 5. The van der Waals surface area contributed by atoms with Crippen LogP contribution >= 0.6 is 34.7 Å². The normalized spacial score (nSPS) is 25.5. The second-order valence-electron chi connectivity index (χ2n) is 34.7. The standard InChI is InChI=1S/C9H15NO3.C9H13NO2.2C9H19NP2.2C9H14O3.2C8H16N2O4.C8H15NO3.C8H9NO3/c1-6(9(12)13)7-2-3-8(11)10-5-4-7;11-7-2-1-6-3-4-10-9(12)8(6)5-7;11-12-10-7-3-5-8-4-1-2-6-9(8)10;11-12-10-6-5-8-3-1-2-4-9(8)7-10;2*1-6(9(11)12)7-2-4-8(10)5-3-7;2*9-4-3-5(1-2-6(11)12)7(10)8(13)14;2*9-7(8(11)12)5-1-3-6(10)4-2-5/h6-7H,2-5H2,1H3,(H,10,11)(H,12,13);6,8H,1-5H2,(H,10,12);2*8-9,12H,1-7,11H2;2*6-7H,2-5H2,1H3,(H,11,12);2*5,7H,1-4,9-10H2,(H,11,12)(H,13,14);5-7,10H,1-4,9H2,(H,11,12);1-4,7,10H,9H2,(H,11,12). The Morgan fingerprint density at radius 1 is 0.448 bits per heavy atom. The van der Waals surface area contributed by atoms with Crippen LogP contribution in [0.25, 0.3) is 0 Å². The molecule has 6 saturated carbocycles. The zero-order chi connectivity index (χ0) is 94.0. The van der Waals surface area contributed by atoms with Crippen LogP contribution in [-0.2, 0) is 67.1 Å². The Bertz CT molecular complexity index is 3340. The van der Waals surface area contributed by atoms with Gasteiger partial charge in [0.25, 0.3) is 0 Å². The highest BCUT2D eigenvalue weighted by Gasteiger charge is 2.39. The quantitative estimate of drug-likeness (QED) is 0.0385. The summed E-state index contributed by atoms with van der Waals surface area (Å²) < 4.78 is 5.33. The summed E-state index contributed by atoms with van der Waals surface area (Å²) in [5.41, 5.74) is 32.6. The fraction of sp³-hybridized carbons (Fsp3) is 0.767. The van der Waals surface area contributed by atoms with Crippen LogP contribution < -0.4 is 45.0 Å². The summed E-state index contributed by atoms with van der Waals surface area (Å²) in [4.78, 5) is 149. The molecule has 6 aliphatic carbocycles. The lowest BCUT2D eigenvalue weighted by molar-refractivity contribution is -0.144. The third-order valence-corrected chi connectivity index (χ3v) is 29.8. The smallest absolute Gasteiger partial charge is 0.325 e. The lowest BCUT2D eigenvalue weighted by Crippen LogP contribution is -2.45. The number of nitrogens with two attached hydrogens (primary N) is 6. The molecular weight excluding hydrogens is 1700 g/mol. The number of aromatic hydroxyl groups is 1. The molecule has 4 heterocycles. The molecule has 35 nitrogen and oxygen atoms in total. The van der Waals surface area contributed by atoms with E-state index < -0.39 is 77.9 Å². The molecule has 39 heteroatoms. The molecule has 10 fully saturated rings. The molecule has 0 bridgehead atoms. The third kappa shape index (κ3) is 46.1. The minimum absolute atomic E-state index is 0.000000000000000444. The van der Waals surface area contributed by atoms with Crippen LogP contribution in [0.2, 0.25) is 0 Å². The van der Waals surface area contributed by atoms with Crippen LogP contribution in [0.5, 0.6) is 5.75 Å². The van der Waals surface area contributed by atoms with Crippen molar-refractivity contribution in [2.24, 2.45) is 117 Å². The van der Waals surface area contributed by atoms with Gasteiger partial charge in [0.15, 0.2) is 0 Å². The number of carboxylic acid groups (broad SMARTS) is 9. The van der Waals surface area contributed by atoms with Crippen LogP contribution in [0, 0.1) is 82.9 Å². The topological polar surface area (TPSA) is 648 Å². The lowest BCUT2D eigenvalue weighted by Gasteiger charge is -2.43. The van der Waals surface area contributed by atoms with Gasteiger partial charge in [-0.25, -0.2) is 0 Å². The van der Waals surface area contributed by atoms with E-state index >= 15 is 0 Å². The second kappa shape index (κ2) is 63.5. The largest absolute Gasteiger partial charge is 0.508 e. The van der Waals surface area contributed by atoms with Crippen molar-refractivity contribution in [3.8, 4) is 5.75 Å². The number of nitrogens with one attached hydrogen (secondary N) is 2. The number of phenols is 1. The summed E-state index contributed by atoms with van der Waals surface area (Å²) in [6.45, 7) is 11.3. The number of fused-ring (bicyclic) bond motifs is 3. The maximum Gasteiger partial charge on any atom is 0.325 e. The molecule has 20 unspecified atom stereocenters. The number of hydrogen-bond acceptors (Lipinski definition) is 24. The summed E-state index contributed by atoms with van der Waals surface area (Å²) >= 11 is 0. The van der Waals surface area contributed by atoms with E-state index in [9.17, 15) is 67.1 Å². The van der Waals surface area contributed by atoms with Gasteiger partial charge in [0.1, 0.15) is 47.3 Å². The summed E-state index contributed by atoms with van der Waals surface area (Å²) in [5, 5.41) is 101. The SMILES string of the molecule is CC(C(=O)O)C1CCC(=O)CC1.CC(C(=O)O)C1CCC(=O)CC1.CC(C(=O)O)C1CCNC(=O)CC1.NC(C(=O)O)C1CCC(O)CC1.NC(C(=O)O)c1ccc(O)cc1.NCCC(CCC(=O)O)C(N)C(=O)O.NCCC(CCC(=O)O)C(N)C(=O)O.O=C1CCC2CCNC(=O)C2C1.PPN1CCC2CCCCC2C1.PPN1CCCC2CCCCC21. The first-order chi connectivity index (χ1) is 59.1. The molecule has 2 amide bonds. The van der Waals surface area contributed by atoms with E-state index in [1.54, 1.807) is 20.8 Å². The monoisotopic (exact) mass is 1850 g/mol. The van der Waals surface area contributed by atoms with E-state index in [0.29, 0.717) is 108 Å². The molecule has 10 aliphatic rings. The third-order valence-electron chi connectivity index (χ3n) is 26.1. The van der Waals surface area contributed by atoms with Crippen LogP contribution in [0.1, 0.15) is 264 Å². The number of hydrogen-bond donors (Lipinski definition) is 19. The van der Waals surface area contributed by atoms with Crippen LogP contribution in [-0.4, -0.2) is 224 Å². The number of nitrogens with zero attached hydrogens (tertiary/aromatic N) is 2. The van der Waals surface area contributed by atoms with Gasteiger partial charge in [-0.1, -0.05) is 82.9 Å². The van der Waals surface area contributed by atoms with Gasteiger partial charge in [0.05, 0.1) is 23.9 Å². The number of Topliss-reactive ketones (excluding diaryl/α,β-unsaturated/α-hetero) is 3. The first-order valence-electron chi connectivity index (χ1n) is 44.6. The summed E-state index contributed by atoms with van der Waals surface area (Å²) in [5.74, 6) is -4.73. The summed E-state index contributed by atoms with van der Waals surface area (Å²) in [6.07, 6.45) is 30.6. The number of ketones is 3. The number of benzene rings is 1. The van der Waals surface area contributed by atoms with E-state index in [2.05, 4.69) is 37.8 Å². The van der Waals surface area contributed by atoms with Crippen LogP contribution in [0.4, 0.5) is 0 Å². The maximum atomic E-state index is 11.3. The van der Waals surface area contributed by atoms with Crippen LogP contribution in [0.3, 0.4) is 0 Å². The van der Waals surface area contributed by atoms with Gasteiger partial charge in [-0.3, -0.25) is 76.5 Å². The molecular formula is C86H150N10O25P4. The molecule has 714 valence electrons. The number of amides is 2. The fourth-order valence-corrected chi connectivity index (χ4v) is 20.7. The minimum Gasteiger partial charge on any atom is -0.508 e. The van der Waals surface area contributed by atoms with Crippen molar-refractivity contribution >= 4 is 118 Å². The maximum absolute atomic E-state index is 11.3. The highest BCUT2D eigenvalue weighted by Crippen LogP contribution is 2.44. The van der Waals surface area contributed by atoms with E-state index in [-0.39, 0.29) is 126 Å². The van der Waals surface area contributed by atoms with Crippen molar-refractivity contribution in [3.05, 3.63) is 29.8 Å². The molecule has 125 heavy (non-hydrogen) atoms. The predicted octanol–water partition coefficient (Wildman–Crippen LogP) is 8.84. The molecule has 11 rings (SSSR count). The molecule has 0 radical (unpaired) electrons. The number of carbonyl (C=O) groups is 14. The average Bonchev–Trinajstić information content (AvgIpc) is 1.30. The van der Waals surface area contributed by atoms with Gasteiger partial charge >= 0.3 is 53.7 Å². The zero-order valence-electron chi connectivity index (χ0n) is 73.4. The van der Waals surface area contributed by atoms with Gasteiger partial charge in [0.2, 0.25) is 11.8 Å². The minimum atomic E-state index is -1.12. The molecule has 4 saturated heterocycles. The average molecular weight is 1850 g/mol. The van der Waals surface area contributed by atoms with Gasteiger partial charge < -0.3 is 101 Å². The van der Waals surface area contributed by atoms with Crippen molar-refractivity contribution in [2.45, 2.75) is 288 Å². The number of carboxylic acids is 9. The number of aliphatic carboxylic acids is 9. The second-order valence-corrected chi connectivity index (χ2v) is 37.9. The van der Waals surface area contributed by atoms with E-state index in [1.807, 2.05) is 0 Å². The Morgan fingerprint density at radius 3 is 1.33 bits per heavy atom. The fourth-order valence-electron chi connectivity index (χ4n) is 17.6. The van der Waals surface area contributed by atoms with E-state index in [0.717, 1.165) is 105 Å². The van der Waals surface area contributed by atoms with E-state index in [4.69, 9.17) is 90.6 Å². The van der Waals surface area contributed by atoms with Gasteiger partial charge in [0, 0.05) is 102 Å². The van der Waals surface area contributed by atoms with Crippen molar-refractivity contribution in [3.63, 3.8) is 0 Å². The molecule has 1 aromatic carbocycles. The van der Waals surface area contributed by atoms with Crippen molar-refractivity contribution < 1.29 is 123 Å². The number of aliphatic hydroxyl groups is 1. The Kier molecular flexibility index (Phi) is 58.3.